The van der Waals surface area contributed by atoms with Gasteiger partial charge >= 0.3 is 0 Å². The molecule has 2 aromatic rings. The second-order valence-electron chi connectivity index (χ2n) is 8.21. The van der Waals surface area contributed by atoms with Crippen molar-refractivity contribution < 1.29 is 19.1 Å². The third-order valence-electron chi connectivity index (χ3n) is 6.28. The van der Waals surface area contributed by atoms with E-state index in [4.69, 9.17) is 4.74 Å². The number of benzene rings is 2. The van der Waals surface area contributed by atoms with Crippen molar-refractivity contribution in [2.75, 3.05) is 31.6 Å². The van der Waals surface area contributed by atoms with E-state index in [1.807, 2.05) is 17.0 Å². The molecular weight excluding hydrogens is 392 g/mol. The first-order chi connectivity index (χ1) is 15.1. The second kappa shape index (κ2) is 9.33. The molecule has 2 saturated heterocycles. The number of piperidine rings is 2. The second-order valence-corrected chi connectivity index (χ2v) is 8.21. The summed E-state index contributed by atoms with van der Waals surface area (Å²) in [6, 6.07) is 14.5. The van der Waals surface area contributed by atoms with Crippen molar-refractivity contribution in [2.45, 2.75) is 32.1 Å². The number of rotatable bonds is 5. The van der Waals surface area contributed by atoms with Gasteiger partial charge in [-0.3, -0.25) is 14.4 Å². The molecule has 0 aromatic heterocycles. The quantitative estimate of drug-likeness (QED) is 0.687. The average Bonchev–Trinajstić information content (AvgIpc) is 2.84. The largest absolute Gasteiger partial charge is 0.497 e. The van der Waals surface area contributed by atoms with Crippen LogP contribution in [0.2, 0.25) is 0 Å². The number of methoxy groups -OCH3 is 1. The lowest BCUT2D eigenvalue weighted by Gasteiger charge is -2.31. The Bertz CT molecular complexity index is 944. The average molecular weight is 421 g/mol. The van der Waals surface area contributed by atoms with Crippen molar-refractivity contribution in [2.24, 2.45) is 5.92 Å². The van der Waals surface area contributed by atoms with Gasteiger partial charge in [-0.15, -0.1) is 0 Å². The van der Waals surface area contributed by atoms with Crippen molar-refractivity contribution in [3.8, 4) is 5.75 Å². The number of amides is 2. The lowest BCUT2D eigenvalue weighted by molar-refractivity contribution is -0.119. The van der Waals surface area contributed by atoms with Crippen LogP contribution < -0.4 is 9.64 Å². The van der Waals surface area contributed by atoms with Gasteiger partial charge in [0.2, 0.25) is 5.91 Å². The van der Waals surface area contributed by atoms with E-state index in [2.05, 4.69) is 0 Å². The van der Waals surface area contributed by atoms with Gasteiger partial charge in [-0.05, 0) is 74.2 Å². The van der Waals surface area contributed by atoms with Crippen molar-refractivity contribution in [3.63, 3.8) is 0 Å². The molecule has 6 heteroatoms. The number of ether oxygens (including phenoxy) is 1. The van der Waals surface area contributed by atoms with Crippen LogP contribution in [0, 0.1) is 5.92 Å². The minimum Gasteiger partial charge on any atom is -0.497 e. The highest BCUT2D eigenvalue weighted by Crippen LogP contribution is 2.25. The summed E-state index contributed by atoms with van der Waals surface area (Å²) in [6.07, 6.45) is 3.87. The first-order valence-corrected chi connectivity index (χ1v) is 10.9. The van der Waals surface area contributed by atoms with E-state index in [1.54, 1.807) is 48.4 Å². The Morgan fingerprint density at radius 1 is 0.871 bits per heavy atom. The van der Waals surface area contributed by atoms with Gasteiger partial charge in [0.15, 0.2) is 5.78 Å². The number of carbonyl (C=O) groups is 3. The van der Waals surface area contributed by atoms with E-state index in [9.17, 15) is 14.4 Å². The molecule has 2 amide bonds. The van der Waals surface area contributed by atoms with Gasteiger partial charge < -0.3 is 14.5 Å². The Hall–Kier alpha value is -3.15. The SMILES string of the molecule is COc1ccc(C(=O)C2CCN(C(=O)c3ccc(N4CCCCC4=O)cc3)CC2)cc1. The van der Waals surface area contributed by atoms with Crippen LogP contribution in [-0.4, -0.2) is 49.2 Å². The molecule has 2 fully saturated rings. The third kappa shape index (κ3) is 4.63. The molecule has 162 valence electrons. The van der Waals surface area contributed by atoms with Crippen LogP contribution in [0.1, 0.15) is 52.8 Å². The summed E-state index contributed by atoms with van der Waals surface area (Å²) in [5.41, 5.74) is 2.16. The fourth-order valence-corrected chi connectivity index (χ4v) is 4.38. The normalized spacial score (nSPS) is 17.5. The smallest absolute Gasteiger partial charge is 0.253 e. The Labute approximate surface area is 182 Å². The minimum absolute atomic E-state index is 0.0214. The van der Waals surface area contributed by atoms with Crippen LogP contribution in [0.3, 0.4) is 0 Å². The third-order valence-corrected chi connectivity index (χ3v) is 6.28. The maximum Gasteiger partial charge on any atom is 0.253 e. The lowest BCUT2D eigenvalue weighted by atomic mass is 9.88. The fourth-order valence-electron chi connectivity index (χ4n) is 4.38. The molecule has 2 aliphatic rings. The number of likely N-dealkylation sites (tertiary alicyclic amines) is 1. The number of hydrogen-bond acceptors (Lipinski definition) is 4. The minimum atomic E-state index is -0.0649. The molecule has 31 heavy (non-hydrogen) atoms. The van der Waals surface area contributed by atoms with Gasteiger partial charge in [0.25, 0.3) is 5.91 Å². The Morgan fingerprint density at radius 3 is 2.13 bits per heavy atom. The Balaban J connectivity index is 1.34. The van der Waals surface area contributed by atoms with E-state index in [-0.39, 0.29) is 23.5 Å². The number of hydrogen-bond donors (Lipinski definition) is 0. The first-order valence-electron chi connectivity index (χ1n) is 10.9. The first kappa shape index (κ1) is 21.1. The van der Waals surface area contributed by atoms with Crippen LogP contribution in [-0.2, 0) is 4.79 Å². The summed E-state index contributed by atoms with van der Waals surface area (Å²) in [6.45, 7) is 1.87. The summed E-state index contributed by atoms with van der Waals surface area (Å²) < 4.78 is 5.15. The maximum absolute atomic E-state index is 12.9. The van der Waals surface area contributed by atoms with Crippen molar-refractivity contribution in [3.05, 3.63) is 59.7 Å². The molecule has 0 radical (unpaired) electrons. The van der Waals surface area contributed by atoms with Crippen LogP contribution in [0.15, 0.2) is 48.5 Å². The zero-order valence-corrected chi connectivity index (χ0v) is 17.9. The molecule has 4 rings (SSSR count). The van der Waals surface area contributed by atoms with Crippen LogP contribution >= 0.6 is 0 Å². The van der Waals surface area contributed by atoms with Crippen LogP contribution in [0.25, 0.3) is 0 Å². The molecular formula is C25H28N2O4. The van der Waals surface area contributed by atoms with Gasteiger partial charge in [-0.25, -0.2) is 0 Å². The fraction of sp³-hybridized carbons (Fsp3) is 0.400. The maximum atomic E-state index is 12.9. The highest BCUT2D eigenvalue weighted by molar-refractivity contribution is 5.99. The van der Waals surface area contributed by atoms with Gasteiger partial charge in [0.05, 0.1) is 7.11 Å². The molecule has 0 atom stereocenters. The number of Topliss-reactive ketones (excluding diaryl/α,β-unsaturated/α-hetero) is 1. The summed E-state index contributed by atoms with van der Waals surface area (Å²) in [7, 11) is 1.60. The molecule has 2 aliphatic heterocycles. The van der Waals surface area contributed by atoms with Crippen molar-refractivity contribution in [1.82, 2.24) is 4.90 Å². The molecule has 0 saturated carbocycles. The molecule has 2 aromatic carbocycles. The molecule has 0 aliphatic carbocycles. The number of carbonyl (C=O) groups excluding carboxylic acids is 3. The molecule has 0 spiro atoms. The predicted molar refractivity (Wildman–Crippen MR) is 119 cm³/mol. The lowest BCUT2D eigenvalue weighted by Crippen LogP contribution is -2.40. The van der Waals surface area contributed by atoms with E-state index >= 15 is 0 Å². The summed E-state index contributed by atoms with van der Waals surface area (Å²) in [5, 5.41) is 0. The molecule has 0 N–H and O–H groups in total. The van der Waals surface area contributed by atoms with Gasteiger partial charge in [-0.2, -0.15) is 0 Å². The van der Waals surface area contributed by atoms with Crippen molar-refractivity contribution >= 4 is 23.3 Å². The highest BCUT2D eigenvalue weighted by atomic mass is 16.5. The van der Waals surface area contributed by atoms with E-state index in [0.717, 1.165) is 30.8 Å². The monoisotopic (exact) mass is 420 g/mol. The molecule has 6 nitrogen and oxygen atoms in total. The van der Waals surface area contributed by atoms with Gasteiger partial charge in [0, 0.05) is 48.8 Å². The summed E-state index contributed by atoms with van der Waals surface area (Å²) >= 11 is 0. The summed E-state index contributed by atoms with van der Waals surface area (Å²) in [4.78, 5) is 41.4. The Kier molecular flexibility index (Phi) is 6.35. The number of anilines is 1. The molecule has 0 bridgehead atoms. The zero-order chi connectivity index (χ0) is 21.8. The highest BCUT2D eigenvalue weighted by Gasteiger charge is 2.28. The van der Waals surface area contributed by atoms with Gasteiger partial charge in [0.1, 0.15) is 5.75 Å². The standard InChI is InChI=1S/C25H28N2O4/c1-31-22-11-7-18(8-12-22)24(29)19-13-16-26(17-14-19)25(30)20-5-9-21(10-6-20)27-15-3-2-4-23(27)28/h5-12,19H,2-4,13-17H2,1H3. The van der Waals surface area contributed by atoms with Crippen molar-refractivity contribution in [1.29, 1.82) is 0 Å². The van der Waals surface area contributed by atoms with Gasteiger partial charge in [-0.1, -0.05) is 0 Å². The van der Waals surface area contributed by atoms with Crippen LogP contribution in [0.5, 0.6) is 5.75 Å². The van der Waals surface area contributed by atoms with E-state index in [0.29, 0.717) is 43.5 Å². The molecule has 0 unspecified atom stereocenters. The number of nitrogens with zero attached hydrogens (tertiary/aromatic N) is 2. The van der Waals surface area contributed by atoms with E-state index < -0.39 is 0 Å². The van der Waals surface area contributed by atoms with Crippen LogP contribution in [0.4, 0.5) is 5.69 Å². The van der Waals surface area contributed by atoms with E-state index in [1.165, 1.54) is 0 Å². The summed E-state index contributed by atoms with van der Waals surface area (Å²) in [5.74, 6) is 0.920. The molecule has 2 heterocycles. The topological polar surface area (TPSA) is 66.9 Å². The predicted octanol–water partition coefficient (Wildman–Crippen LogP) is 3.95. The zero-order valence-electron chi connectivity index (χ0n) is 17.9. The number of ketones is 1. The Morgan fingerprint density at radius 2 is 1.52 bits per heavy atom.